The lowest BCUT2D eigenvalue weighted by Crippen LogP contribution is -2.45. The van der Waals surface area contributed by atoms with Gasteiger partial charge in [0.05, 0.1) is 23.7 Å². The maximum Gasteiger partial charge on any atom is 0.255 e. The third kappa shape index (κ3) is 3.36. The third-order valence-corrected chi connectivity index (χ3v) is 3.58. The minimum atomic E-state index is -0.274. The van der Waals surface area contributed by atoms with Crippen molar-refractivity contribution in [3.8, 4) is 5.75 Å². The van der Waals surface area contributed by atoms with Crippen LogP contribution in [0.1, 0.15) is 23.2 Å². The van der Waals surface area contributed by atoms with E-state index in [2.05, 4.69) is 5.32 Å². The number of amides is 1. The molecule has 1 fully saturated rings. The van der Waals surface area contributed by atoms with E-state index in [0.29, 0.717) is 27.2 Å². The van der Waals surface area contributed by atoms with Crippen molar-refractivity contribution in [2.45, 2.75) is 18.9 Å². The van der Waals surface area contributed by atoms with Gasteiger partial charge in [-0.3, -0.25) is 4.79 Å². The van der Waals surface area contributed by atoms with Gasteiger partial charge >= 0.3 is 0 Å². The Morgan fingerprint density at radius 3 is 2.79 bits per heavy atom. The van der Waals surface area contributed by atoms with Gasteiger partial charge in [0.2, 0.25) is 0 Å². The number of rotatable bonds is 5. The van der Waals surface area contributed by atoms with E-state index < -0.39 is 0 Å². The van der Waals surface area contributed by atoms with Crippen molar-refractivity contribution in [3.63, 3.8) is 0 Å². The SMILES string of the molecule is COc1ccc(Cl)cc1C(=O)NC(C(N)=S)C1CC1. The summed E-state index contributed by atoms with van der Waals surface area (Å²) in [6.07, 6.45) is 2.07. The first-order valence-electron chi connectivity index (χ1n) is 5.96. The predicted octanol–water partition coefficient (Wildman–Crippen LogP) is 2.14. The number of benzene rings is 1. The van der Waals surface area contributed by atoms with E-state index in [1.807, 2.05) is 0 Å². The highest BCUT2D eigenvalue weighted by molar-refractivity contribution is 7.80. The van der Waals surface area contributed by atoms with Gasteiger partial charge in [0.15, 0.2) is 0 Å². The largest absolute Gasteiger partial charge is 0.496 e. The topological polar surface area (TPSA) is 64.3 Å². The number of halogens is 1. The number of hydrogen-bond acceptors (Lipinski definition) is 3. The summed E-state index contributed by atoms with van der Waals surface area (Å²) in [4.78, 5) is 12.6. The standard InChI is InChI=1S/C13H15ClN2O2S/c1-18-10-5-4-8(14)6-9(10)13(17)16-11(12(15)19)7-2-3-7/h4-7,11H,2-3H2,1H3,(H2,15,19)(H,16,17). The molecular formula is C13H15ClN2O2S. The fraction of sp³-hybridized carbons (Fsp3) is 0.385. The van der Waals surface area contributed by atoms with Crippen molar-refractivity contribution in [3.05, 3.63) is 28.8 Å². The second kappa shape index (κ2) is 5.75. The molecular weight excluding hydrogens is 284 g/mol. The molecule has 1 atom stereocenters. The van der Waals surface area contributed by atoms with Crippen LogP contribution in [0.4, 0.5) is 0 Å². The zero-order valence-electron chi connectivity index (χ0n) is 10.5. The molecule has 0 saturated heterocycles. The molecule has 2 rings (SSSR count). The molecule has 102 valence electrons. The quantitative estimate of drug-likeness (QED) is 0.818. The van der Waals surface area contributed by atoms with E-state index in [1.54, 1.807) is 18.2 Å². The highest BCUT2D eigenvalue weighted by Gasteiger charge is 2.34. The lowest BCUT2D eigenvalue weighted by molar-refractivity contribution is 0.0941. The zero-order valence-corrected chi connectivity index (χ0v) is 12.1. The van der Waals surface area contributed by atoms with E-state index in [4.69, 9.17) is 34.3 Å². The molecule has 1 saturated carbocycles. The molecule has 1 amide bonds. The van der Waals surface area contributed by atoms with Crippen LogP contribution in [0.2, 0.25) is 5.02 Å². The van der Waals surface area contributed by atoms with Gasteiger partial charge in [0, 0.05) is 5.02 Å². The number of carbonyl (C=O) groups excluding carboxylic acids is 1. The lowest BCUT2D eigenvalue weighted by Gasteiger charge is -2.17. The second-order valence-corrected chi connectivity index (χ2v) is 5.44. The Morgan fingerprint density at radius 2 is 2.26 bits per heavy atom. The van der Waals surface area contributed by atoms with Gasteiger partial charge in [-0.15, -0.1) is 0 Å². The normalized spacial score (nSPS) is 15.7. The summed E-state index contributed by atoms with van der Waals surface area (Å²) >= 11 is 10.9. The maximum absolute atomic E-state index is 12.3. The molecule has 1 unspecified atom stereocenters. The average molecular weight is 299 g/mol. The first kappa shape index (κ1) is 14.1. The van der Waals surface area contributed by atoms with Crippen LogP contribution in [0, 0.1) is 5.92 Å². The summed E-state index contributed by atoms with van der Waals surface area (Å²) in [6, 6.07) is 4.64. The second-order valence-electron chi connectivity index (χ2n) is 4.54. The summed E-state index contributed by atoms with van der Waals surface area (Å²) in [5, 5.41) is 3.33. The summed E-state index contributed by atoms with van der Waals surface area (Å²) in [5.74, 6) is 0.551. The Balaban J connectivity index is 2.19. The molecule has 19 heavy (non-hydrogen) atoms. The number of nitrogens with two attached hydrogens (primary N) is 1. The molecule has 1 aromatic carbocycles. The van der Waals surface area contributed by atoms with E-state index in [0.717, 1.165) is 12.8 Å². The van der Waals surface area contributed by atoms with Crippen LogP contribution in [0.3, 0.4) is 0 Å². The van der Waals surface area contributed by atoms with Crippen LogP contribution in [0.5, 0.6) is 5.75 Å². The van der Waals surface area contributed by atoms with E-state index in [1.165, 1.54) is 7.11 Å². The predicted molar refractivity (Wildman–Crippen MR) is 78.8 cm³/mol. The van der Waals surface area contributed by atoms with E-state index in [9.17, 15) is 4.79 Å². The Morgan fingerprint density at radius 1 is 1.58 bits per heavy atom. The smallest absolute Gasteiger partial charge is 0.255 e. The van der Waals surface area contributed by atoms with Crippen molar-refractivity contribution in [2.75, 3.05) is 7.11 Å². The molecule has 0 aromatic heterocycles. The van der Waals surface area contributed by atoms with Crippen LogP contribution in [0.25, 0.3) is 0 Å². The Labute approximate surface area is 122 Å². The molecule has 0 heterocycles. The van der Waals surface area contributed by atoms with Crippen molar-refractivity contribution in [1.29, 1.82) is 0 Å². The minimum Gasteiger partial charge on any atom is -0.496 e. The fourth-order valence-corrected chi connectivity index (χ4v) is 2.35. The van der Waals surface area contributed by atoms with Crippen LogP contribution in [0.15, 0.2) is 18.2 Å². The number of nitrogens with one attached hydrogen (secondary N) is 1. The molecule has 3 N–H and O–H groups in total. The molecule has 0 radical (unpaired) electrons. The molecule has 1 aliphatic rings. The van der Waals surface area contributed by atoms with Gasteiger partial charge in [0.1, 0.15) is 5.75 Å². The zero-order chi connectivity index (χ0) is 14.0. The average Bonchev–Trinajstić information content (AvgIpc) is 3.19. The van der Waals surface area contributed by atoms with Gasteiger partial charge in [0.25, 0.3) is 5.91 Å². The number of methoxy groups -OCH3 is 1. The first-order chi connectivity index (χ1) is 9.02. The summed E-state index contributed by atoms with van der Waals surface area (Å²) in [5.41, 5.74) is 6.05. The first-order valence-corrected chi connectivity index (χ1v) is 6.75. The van der Waals surface area contributed by atoms with Crippen molar-refractivity contribution < 1.29 is 9.53 Å². The van der Waals surface area contributed by atoms with Crippen LogP contribution < -0.4 is 15.8 Å². The highest BCUT2D eigenvalue weighted by atomic mass is 35.5. The molecule has 4 nitrogen and oxygen atoms in total. The highest BCUT2D eigenvalue weighted by Crippen LogP contribution is 2.33. The minimum absolute atomic E-state index is 0.258. The van der Waals surface area contributed by atoms with Gasteiger partial charge < -0.3 is 15.8 Å². The molecule has 0 bridgehead atoms. The number of ether oxygens (including phenoxy) is 1. The summed E-state index contributed by atoms with van der Waals surface area (Å²) in [6.45, 7) is 0. The Bertz CT molecular complexity index is 517. The maximum atomic E-state index is 12.3. The van der Waals surface area contributed by atoms with Crippen LogP contribution in [-0.4, -0.2) is 24.0 Å². The lowest BCUT2D eigenvalue weighted by atomic mass is 10.1. The summed E-state index contributed by atoms with van der Waals surface area (Å²) < 4.78 is 5.16. The molecule has 1 aliphatic carbocycles. The molecule has 6 heteroatoms. The Kier molecular flexibility index (Phi) is 4.27. The monoisotopic (exact) mass is 298 g/mol. The fourth-order valence-electron chi connectivity index (χ4n) is 1.93. The molecule has 1 aromatic rings. The van der Waals surface area contributed by atoms with Crippen LogP contribution >= 0.6 is 23.8 Å². The number of hydrogen-bond donors (Lipinski definition) is 2. The van der Waals surface area contributed by atoms with Crippen molar-refractivity contribution in [1.82, 2.24) is 5.32 Å². The summed E-state index contributed by atoms with van der Waals surface area (Å²) in [7, 11) is 1.51. The van der Waals surface area contributed by atoms with E-state index >= 15 is 0 Å². The Hall–Kier alpha value is -1.33. The van der Waals surface area contributed by atoms with E-state index in [-0.39, 0.29) is 11.9 Å². The van der Waals surface area contributed by atoms with Gasteiger partial charge in [-0.1, -0.05) is 23.8 Å². The third-order valence-electron chi connectivity index (χ3n) is 3.09. The number of thiocarbonyl (C=S) groups is 1. The van der Waals surface area contributed by atoms with Gasteiger partial charge in [-0.2, -0.15) is 0 Å². The van der Waals surface area contributed by atoms with Crippen molar-refractivity contribution in [2.24, 2.45) is 11.7 Å². The van der Waals surface area contributed by atoms with Gasteiger partial charge in [-0.05, 0) is 37.0 Å². The van der Waals surface area contributed by atoms with Gasteiger partial charge in [-0.25, -0.2) is 0 Å². The van der Waals surface area contributed by atoms with Crippen molar-refractivity contribution >= 4 is 34.7 Å². The molecule has 0 spiro atoms. The molecule has 0 aliphatic heterocycles. The van der Waals surface area contributed by atoms with Crippen LogP contribution in [-0.2, 0) is 0 Å². The number of carbonyl (C=O) groups is 1.